The van der Waals surface area contributed by atoms with Crippen LogP contribution in [-0.4, -0.2) is 9.52 Å². The van der Waals surface area contributed by atoms with E-state index in [-0.39, 0.29) is 68.5 Å². The molecule has 132 valence electrons. The fraction of sp³-hybridized carbons (Fsp3) is 0.250. The van der Waals surface area contributed by atoms with Crippen LogP contribution in [0, 0.1) is 0 Å². The van der Waals surface area contributed by atoms with Crippen LogP contribution in [0.4, 0.5) is 0 Å². The van der Waals surface area contributed by atoms with Crippen molar-refractivity contribution in [3.05, 3.63) is 72.8 Å². The van der Waals surface area contributed by atoms with E-state index >= 15 is 0 Å². The Kier molecular flexibility index (Phi) is 14.2. The maximum absolute atomic E-state index is 2.49. The molecule has 1 atom stereocenters. The van der Waals surface area contributed by atoms with Gasteiger partial charge >= 0.3 is 21.7 Å². The zero-order valence-corrected chi connectivity index (χ0v) is 19.6. The van der Waals surface area contributed by atoms with E-state index in [9.17, 15) is 0 Å². The fourth-order valence-electron chi connectivity index (χ4n) is 3.50. The molecule has 2 aromatic rings. The van der Waals surface area contributed by atoms with E-state index in [0.29, 0.717) is 5.04 Å². The SMILES string of the molecule is CCCC1([SiH2][c-]2cccc2-c2ccccc2)C=CC=CC1.[Cl-].[Cl-].[Cl-].[Ti+4]. The van der Waals surface area contributed by atoms with Gasteiger partial charge in [-0.1, -0.05) is 68.0 Å². The molecule has 5 heteroatoms. The molecule has 3 rings (SSSR count). The average molecular weight is 446 g/mol. The van der Waals surface area contributed by atoms with Crippen LogP contribution in [0.3, 0.4) is 0 Å². The summed E-state index contributed by atoms with van der Waals surface area (Å²) < 4.78 is 0. The predicted molar refractivity (Wildman–Crippen MR) is 96.1 cm³/mol. The van der Waals surface area contributed by atoms with Crippen molar-refractivity contribution in [1.82, 2.24) is 0 Å². The van der Waals surface area contributed by atoms with Crippen molar-refractivity contribution >= 4 is 14.7 Å². The van der Waals surface area contributed by atoms with Crippen molar-refractivity contribution in [3.8, 4) is 11.1 Å². The normalized spacial score (nSPS) is 18.0. The molecule has 0 radical (unpaired) electrons. The van der Waals surface area contributed by atoms with Crippen LogP contribution >= 0.6 is 0 Å². The van der Waals surface area contributed by atoms with Crippen LogP contribution in [0.5, 0.6) is 0 Å². The molecule has 0 saturated carbocycles. The summed E-state index contributed by atoms with van der Waals surface area (Å²) in [5.41, 5.74) is 2.83. The molecule has 0 aliphatic heterocycles. The molecule has 0 heterocycles. The molecule has 0 N–H and O–H groups in total. The Morgan fingerprint density at radius 3 is 2.32 bits per heavy atom. The minimum atomic E-state index is -0.344. The summed E-state index contributed by atoms with van der Waals surface area (Å²) in [5.74, 6) is 0. The van der Waals surface area contributed by atoms with Gasteiger partial charge in [0, 0.05) is 9.52 Å². The molecular formula is C20H23Cl3SiTi. The summed E-state index contributed by atoms with van der Waals surface area (Å²) in [6.45, 7) is 2.31. The van der Waals surface area contributed by atoms with E-state index in [1.807, 2.05) is 0 Å². The summed E-state index contributed by atoms with van der Waals surface area (Å²) in [6.07, 6.45) is 13.1. The Labute approximate surface area is 187 Å². The predicted octanol–water partition coefficient (Wildman–Crippen LogP) is -4.65. The van der Waals surface area contributed by atoms with Gasteiger partial charge in [0.1, 0.15) is 0 Å². The molecule has 2 aromatic carbocycles. The number of rotatable bonds is 5. The molecule has 0 bridgehead atoms. The van der Waals surface area contributed by atoms with Gasteiger partial charge in [0.2, 0.25) is 0 Å². The van der Waals surface area contributed by atoms with Gasteiger partial charge in [0.05, 0.1) is 0 Å². The second-order valence-electron chi connectivity index (χ2n) is 6.11. The maximum Gasteiger partial charge on any atom is 4.00 e. The van der Waals surface area contributed by atoms with Crippen LogP contribution in [0.1, 0.15) is 26.2 Å². The van der Waals surface area contributed by atoms with Gasteiger partial charge in [-0.25, -0.2) is 0 Å². The number of hydrogen-bond acceptors (Lipinski definition) is 0. The zero-order chi connectivity index (χ0) is 14.5. The van der Waals surface area contributed by atoms with Gasteiger partial charge in [-0.2, -0.15) is 18.2 Å². The van der Waals surface area contributed by atoms with Crippen LogP contribution in [-0.2, 0) is 21.7 Å². The first-order valence-electron chi connectivity index (χ1n) is 7.97. The molecule has 25 heavy (non-hydrogen) atoms. The van der Waals surface area contributed by atoms with E-state index in [2.05, 4.69) is 79.8 Å². The minimum Gasteiger partial charge on any atom is -1.00 e. The first kappa shape index (κ1) is 27.1. The van der Waals surface area contributed by atoms with Crippen molar-refractivity contribution in [2.45, 2.75) is 31.2 Å². The van der Waals surface area contributed by atoms with Crippen LogP contribution in [0.15, 0.2) is 72.8 Å². The van der Waals surface area contributed by atoms with Crippen LogP contribution < -0.4 is 42.4 Å². The number of allylic oxidation sites excluding steroid dienone is 4. The second-order valence-corrected chi connectivity index (χ2v) is 8.63. The standard InChI is InChI=1S/C20H23Si.3ClH.Ti/c1-2-14-20(15-7-4-8-16-20)21-19-13-9-12-18(19)17-10-5-3-6-11-17;;;;/h3-13,15H,2,14,16,21H2,1H3;3*1H;/q-1;;;;+4/p-3. The van der Waals surface area contributed by atoms with E-state index in [1.54, 1.807) is 5.19 Å². The van der Waals surface area contributed by atoms with E-state index in [0.717, 1.165) is 0 Å². The van der Waals surface area contributed by atoms with Crippen LogP contribution in [0.2, 0.25) is 5.04 Å². The maximum atomic E-state index is 2.49. The fourth-order valence-corrected chi connectivity index (χ4v) is 6.12. The van der Waals surface area contributed by atoms with Gasteiger partial charge in [0.25, 0.3) is 0 Å². The molecule has 0 aromatic heterocycles. The third-order valence-corrected chi connectivity index (χ3v) is 7.08. The van der Waals surface area contributed by atoms with Gasteiger partial charge in [-0.3, -0.25) is 0 Å². The van der Waals surface area contributed by atoms with E-state index in [1.165, 1.54) is 30.4 Å². The van der Waals surface area contributed by atoms with Crippen molar-refractivity contribution < 1.29 is 58.9 Å². The zero-order valence-electron chi connectivity index (χ0n) is 14.4. The molecular weight excluding hydrogens is 423 g/mol. The molecule has 1 unspecified atom stereocenters. The van der Waals surface area contributed by atoms with Crippen LogP contribution in [0.25, 0.3) is 11.1 Å². The molecule has 1 aliphatic rings. The topological polar surface area (TPSA) is 0 Å². The monoisotopic (exact) mass is 444 g/mol. The molecule has 0 amide bonds. The number of hydrogen-bond donors (Lipinski definition) is 0. The van der Waals surface area contributed by atoms with E-state index in [4.69, 9.17) is 0 Å². The third kappa shape index (κ3) is 6.82. The van der Waals surface area contributed by atoms with Gasteiger partial charge in [-0.05, 0) is 17.9 Å². The van der Waals surface area contributed by atoms with E-state index < -0.39 is 0 Å². The molecule has 0 spiro atoms. The van der Waals surface area contributed by atoms with Gasteiger partial charge < -0.3 is 37.2 Å². The van der Waals surface area contributed by atoms with Crippen molar-refractivity contribution in [1.29, 1.82) is 0 Å². The Balaban J connectivity index is 0. The van der Waals surface area contributed by atoms with Crippen molar-refractivity contribution in [3.63, 3.8) is 0 Å². The smallest absolute Gasteiger partial charge is 1.00 e. The van der Waals surface area contributed by atoms with Gasteiger partial charge in [0.15, 0.2) is 0 Å². The Bertz CT molecular complexity index is 652. The minimum absolute atomic E-state index is 0. The molecule has 0 saturated heterocycles. The third-order valence-electron chi connectivity index (χ3n) is 4.50. The first-order chi connectivity index (χ1) is 10.3. The van der Waals surface area contributed by atoms with Crippen molar-refractivity contribution in [2.75, 3.05) is 0 Å². The first-order valence-corrected chi connectivity index (χ1v) is 9.39. The number of halogens is 3. The summed E-state index contributed by atoms with van der Waals surface area (Å²) in [4.78, 5) is 0. The quantitative estimate of drug-likeness (QED) is 0.321. The number of benzene rings is 1. The Morgan fingerprint density at radius 2 is 1.72 bits per heavy atom. The Morgan fingerprint density at radius 1 is 1.00 bits per heavy atom. The Hall–Kier alpha value is -0.149. The summed E-state index contributed by atoms with van der Waals surface area (Å²) in [5, 5.41) is 2.07. The second kappa shape index (κ2) is 13.1. The summed E-state index contributed by atoms with van der Waals surface area (Å²) >= 11 is 0. The van der Waals surface area contributed by atoms with Crippen molar-refractivity contribution in [2.24, 2.45) is 0 Å². The molecule has 0 fully saturated rings. The molecule has 0 nitrogen and oxygen atoms in total. The summed E-state index contributed by atoms with van der Waals surface area (Å²) in [7, 11) is -0.344. The largest absolute Gasteiger partial charge is 4.00 e. The summed E-state index contributed by atoms with van der Waals surface area (Å²) in [6, 6.07) is 17.7. The average Bonchev–Trinajstić information content (AvgIpc) is 2.97. The van der Waals surface area contributed by atoms with Gasteiger partial charge in [-0.15, -0.1) is 16.3 Å². The molecule has 1 aliphatic carbocycles.